The summed E-state index contributed by atoms with van der Waals surface area (Å²) < 4.78 is 2.01. The van der Waals surface area contributed by atoms with Gasteiger partial charge in [-0.15, -0.1) is 0 Å². The lowest BCUT2D eigenvalue weighted by Crippen LogP contribution is -2.37. The molecule has 1 aliphatic carbocycles. The van der Waals surface area contributed by atoms with Crippen LogP contribution in [-0.4, -0.2) is 25.9 Å². The van der Waals surface area contributed by atoms with Crippen LogP contribution in [0.1, 0.15) is 59.3 Å². The molecule has 0 radical (unpaired) electrons. The van der Waals surface area contributed by atoms with Gasteiger partial charge in [0.25, 0.3) is 5.91 Å². The van der Waals surface area contributed by atoms with E-state index in [2.05, 4.69) is 65.6 Å². The molecular weight excluding hydrogens is 338 g/mol. The lowest BCUT2D eigenvalue weighted by molar-refractivity contribution is 0.0914. The fourth-order valence-corrected chi connectivity index (χ4v) is 3.85. The number of H-pyrrole nitrogens is 1. The van der Waals surface area contributed by atoms with Gasteiger partial charge in [-0.2, -0.15) is 10.2 Å². The molecule has 6 nitrogen and oxygen atoms in total. The van der Waals surface area contributed by atoms with Crippen molar-refractivity contribution in [3.8, 4) is 5.69 Å². The predicted octanol–water partition coefficient (Wildman–Crippen LogP) is 3.66. The number of rotatable bonds is 3. The number of nitrogens with zero attached hydrogens (tertiary/aromatic N) is 3. The molecule has 0 bridgehead atoms. The number of hydrogen-bond donors (Lipinski definition) is 2. The molecule has 0 spiro atoms. The van der Waals surface area contributed by atoms with Crippen molar-refractivity contribution < 1.29 is 4.79 Å². The molecule has 0 saturated carbocycles. The number of aromatic amines is 1. The van der Waals surface area contributed by atoms with Gasteiger partial charge in [0.05, 0.1) is 23.6 Å². The molecule has 1 aliphatic rings. The molecule has 2 N–H and O–H groups in total. The van der Waals surface area contributed by atoms with Gasteiger partial charge in [-0.1, -0.05) is 31.5 Å². The second-order valence-electron chi connectivity index (χ2n) is 8.30. The van der Waals surface area contributed by atoms with Crippen molar-refractivity contribution in [1.82, 2.24) is 25.3 Å². The molecule has 2 aromatic heterocycles. The smallest absolute Gasteiger partial charge is 0.272 e. The number of carbonyl (C=O) groups is 1. The summed E-state index contributed by atoms with van der Waals surface area (Å²) in [6.45, 7) is 8.44. The second-order valence-corrected chi connectivity index (χ2v) is 8.30. The number of benzene rings is 1. The van der Waals surface area contributed by atoms with E-state index < -0.39 is 0 Å². The van der Waals surface area contributed by atoms with Crippen molar-refractivity contribution in [1.29, 1.82) is 0 Å². The van der Waals surface area contributed by atoms with Crippen LogP contribution in [0.2, 0.25) is 0 Å². The molecule has 6 heteroatoms. The van der Waals surface area contributed by atoms with Crippen molar-refractivity contribution in [3.63, 3.8) is 0 Å². The quantitative estimate of drug-likeness (QED) is 0.746. The van der Waals surface area contributed by atoms with Gasteiger partial charge < -0.3 is 5.32 Å². The number of aryl methyl sites for hydroxylation is 2. The molecule has 4 rings (SSSR count). The Morgan fingerprint density at radius 2 is 2.00 bits per heavy atom. The van der Waals surface area contributed by atoms with E-state index in [0.717, 1.165) is 29.8 Å². The van der Waals surface area contributed by atoms with Crippen LogP contribution in [0.3, 0.4) is 0 Å². The highest BCUT2D eigenvalue weighted by Gasteiger charge is 2.36. The number of nitrogens with one attached hydrogen (secondary N) is 2. The highest BCUT2D eigenvalue weighted by atomic mass is 16.2. The van der Waals surface area contributed by atoms with Gasteiger partial charge in [0.15, 0.2) is 0 Å². The zero-order valence-electron chi connectivity index (χ0n) is 16.2. The van der Waals surface area contributed by atoms with Crippen molar-refractivity contribution in [3.05, 3.63) is 64.7 Å². The van der Waals surface area contributed by atoms with Crippen molar-refractivity contribution >= 4 is 5.91 Å². The van der Waals surface area contributed by atoms with Crippen LogP contribution in [0.4, 0.5) is 0 Å². The Morgan fingerprint density at radius 3 is 2.67 bits per heavy atom. The van der Waals surface area contributed by atoms with Gasteiger partial charge in [-0.25, -0.2) is 4.68 Å². The molecule has 0 fully saturated rings. The minimum Gasteiger partial charge on any atom is -0.344 e. The first-order valence-corrected chi connectivity index (χ1v) is 9.29. The molecular formula is C21H25N5O. The third kappa shape index (κ3) is 3.39. The molecule has 1 atom stereocenters. The van der Waals surface area contributed by atoms with Crippen molar-refractivity contribution in [2.24, 2.45) is 5.41 Å². The minimum absolute atomic E-state index is 0.0644. The first kappa shape index (κ1) is 17.5. The Labute approximate surface area is 159 Å². The van der Waals surface area contributed by atoms with Gasteiger partial charge >= 0.3 is 0 Å². The Morgan fingerprint density at radius 1 is 1.26 bits per heavy atom. The monoisotopic (exact) mass is 363 g/mol. The van der Waals surface area contributed by atoms with E-state index in [0.29, 0.717) is 5.69 Å². The number of amides is 1. The zero-order chi connectivity index (χ0) is 19.2. The van der Waals surface area contributed by atoms with E-state index in [1.165, 1.54) is 11.3 Å². The number of hydrogen-bond acceptors (Lipinski definition) is 3. The Hall–Kier alpha value is -2.89. The van der Waals surface area contributed by atoms with Crippen LogP contribution in [0.5, 0.6) is 0 Å². The van der Waals surface area contributed by atoms with Gasteiger partial charge in [0.2, 0.25) is 0 Å². The van der Waals surface area contributed by atoms with Crippen LogP contribution >= 0.6 is 0 Å². The number of fused-ring (bicyclic) bond motifs is 1. The normalized spacial score (nSPS) is 18.1. The van der Waals surface area contributed by atoms with E-state index in [1.54, 1.807) is 6.07 Å². The van der Waals surface area contributed by atoms with Gasteiger partial charge in [0.1, 0.15) is 5.69 Å². The maximum Gasteiger partial charge on any atom is 0.272 e. The summed E-state index contributed by atoms with van der Waals surface area (Å²) in [7, 11) is 0. The average molecular weight is 363 g/mol. The van der Waals surface area contributed by atoms with E-state index >= 15 is 0 Å². The molecule has 27 heavy (non-hydrogen) atoms. The van der Waals surface area contributed by atoms with Gasteiger partial charge in [0, 0.05) is 11.3 Å². The van der Waals surface area contributed by atoms with E-state index in [9.17, 15) is 4.79 Å². The summed E-state index contributed by atoms with van der Waals surface area (Å²) in [5, 5.41) is 14.7. The number of aromatic nitrogens is 4. The SMILES string of the molecule is Cc1ccc(-n2ncc3c2CC(C)(C)C[C@H]3NC(=O)c2cc(C)[nH]n2)cc1. The summed E-state index contributed by atoms with van der Waals surface area (Å²) in [6, 6.07) is 10.1. The maximum atomic E-state index is 12.6. The molecule has 0 unspecified atom stereocenters. The molecule has 2 heterocycles. The Bertz CT molecular complexity index is 980. The van der Waals surface area contributed by atoms with Crippen LogP contribution in [0, 0.1) is 19.3 Å². The first-order chi connectivity index (χ1) is 12.8. The zero-order valence-corrected chi connectivity index (χ0v) is 16.2. The fraction of sp³-hybridized carbons (Fsp3) is 0.381. The van der Waals surface area contributed by atoms with Crippen LogP contribution in [-0.2, 0) is 6.42 Å². The molecule has 0 aliphatic heterocycles. The van der Waals surface area contributed by atoms with Crippen LogP contribution in [0.15, 0.2) is 36.5 Å². The standard InChI is InChI=1S/C21H25N5O/c1-13-5-7-15(8-6-13)26-19-11-21(3,4)10-18(16(19)12-22-26)23-20(27)17-9-14(2)24-25-17/h5-9,12,18H,10-11H2,1-4H3,(H,23,27)(H,24,25)/t18-/m1/s1. The highest BCUT2D eigenvalue weighted by molar-refractivity contribution is 5.92. The average Bonchev–Trinajstić information content (AvgIpc) is 3.21. The second kappa shape index (κ2) is 6.37. The minimum atomic E-state index is -0.156. The van der Waals surface area contributed by atoms with E-state index in [1.807, 2.05) is 17.8 Å². The highest BCUT2D eigenvalue weighted by Crippen LogP contribution is 2.41. The first-order valence-electron chi connectivity index (χ1n) is 9.29. The Kier molecular flexibility index (Phi) is 4.13. The molecule has 140 valence electrons. The molecule has 1 amide bonds. The van der Waals surface area contributed by atoms with Gasteiger partial charge in [-0.3, -0.25) is 9.89 Å². The number of carbonyl (C=O) groups excluding carboxylic acids is 1. The third-order valence-electron chi connectivity index (χ3n) is 5.20. The van der Waals surface area contributed by atoms with Crippen LogP contribution < -0.4 is 5.32 Å². The topological polar surface area (TPSA) is 75.6 Å². The fourth-order valence-electron chi connectivity index (χ4n) is 3.85. The largest absolute Gasteiger partial charge is 0.344 e. The molecule has 1 aromatic carbocycles. The van der Waals surface area contributed by atoms with Gasteiger partial charge in [-0.05, 0) is 50.3 Å². The predicted molar refractivity (Wildman–Crippen MR) is 104 cm³/mol. The lowest BCUT2D eigenvalue weighted by atomic mass is 9.74. The third-order valence-corrected chi connectivity index (χ3v) is 5.20. The maximum absolute atomic E-state index is 12.6. The summed E-state index contributed by atoms with van der Waals surface area (Å²) >= 11 is 0. The van der Waals surface area contributed by atoms with E-state index in [-0.39, 0.29) is 17.4 Å². The summed E-state index contributed by atoms with van der Waals surface area (Å²) in [4.78, 5) is 12.6. The summed E-state index contributed by atoms with van der Waals surface area (Å²) in [5.74, 6) is -0.156. The Balaban J connectivity index is 1.68. The van der Waals surface area contributed by atoms with Crippen molar-refractivity contribution in [2.75, 3.05) is 0 Å². The van der Waals surface area contributed by atoms with Crippen LogP contribution in [0.25, 0.3) is 5.69 Å². The molecule has 3 aromatic rings. The lowest BCUT2D eigenvalue weighted by Gasteiger charge is -2.35. The summed E-state index contributed by atoms with van der Waals surface area (Å²) in [6.07, 6.45) is 3.68. The molecule has 0 saturated heterocycles. The van der Waals surface area contributed by atoms with E-state index in [4.69, 9.17) is 0 Å². The van der Waals surface area contributed by atoms with Crippen molar-refractivity contribution in [2.45, 2.75) is 46.6 Å². The summed E-state index contributed by atoms with van der Waals surface area (Å²) in [5.41, 5.74) is 5.89.